The van der Waals surface area contributed by atoms with Gasteiger partial charge in [0.1, 0.15) is 5.78 Å². The summed E-state index contributed by atoms with van der Waals surface area (Å²) in [4.78, 5) is 10.1. The van der Waals surface area contributed by atoms with E-state index in [2.05, 4.69) is 0 Å². The van der Waals surface area contributed by atoms with Crippen molar-refractivity contribution in [2.75, 3.05) is 0 Å². The summed E-state index contributed by atoms with van der Waals surface area (Å²) in [6.07, 6.45) is 0. The predicted octanol–water partition coefficient (Wildman–Crippen LogP) is 0.407. The third kappa shape index (κ3) is 5.63. The van der Waals surface area contributed by atoms with E-state index in [0.717, 1.165) is 0 Å². The van der Waals surface area contributed by atoms with Crippen LogP contribution in [-0.4, -0.2) is 11.3 Å². The molecule has 0 aliphatic heterocycles. The lowest BCUT2D eigenvalue weighted by Crippen LogP contribution is -1.98. The van der Waals surface area contributed by atoms with Crippen molar-refractivity contribution in [3.8, 4) is 0 Å². The van der Waals surface area contributed by atoms with E-state index < -0.39 is 0 Å². The summed E-state index contributed by atoms with van der Waals surface area (Å²) in [5.41, 5.74) is 0. The molecule has 2 nitrogen and oxygen atoms in total. The molecule has 0 saturated carbocycles. The number of carbonyl (C=O) groups is 1. The van der Waals surface area contributed by atoms with Gasteiger partial charge in [-0.25, -0.2) is 0 Å². The number of rotatable bonds is 1. The zero-order valence-corrected chi connectivity index (χ0v) is 4.99. The van der Waals surface area contributed by atoms with Crippen molar-refractivity contribution in [3.05, 3.63) is 0 Å². The normalized spacial score (nSPS) is 8.00. The highest BCUT2D eigenvalue weighted by atomic mass is 16.1. The fourth-order valence-electron chi connectivity index (χ4n) is 0. The fraction of sp³-hybridized carbons (Fsp3) is 0.800. The molecule has 0 heterocycles. The summed E-state index contributed by atoms with van der Waals surface area (Å²) in [6.45, 7) is 5.38. The van der Waals surface area contributed by atoms with E-state index in [9.17, 15) is 4.79 Å². The van der Waals surface area contributed by atoms with Crippen molar-refractivity contribution < 1.29 is 10.3 Å². The predicted molar refractivity (Wildman–Crippen MR) is 29.1 cm³/mol. The van der Waals surface area contributed by atoms with Gasteiger partial charge in [0.05, 0.1) is 0 Å². The van der Waals surface area contributed by atoms with Crippen LogP contribution in [0.15, 0.2) is 0 Å². The second-order valence-corrected chi connectivity index (χ2v) is 1.77. The van der Waals surface area contributed by atoms with Crippen molar-refractivity contribution in [2.45, 2.75) is 20.8 Å². The molecule has 0 aliphatic rings. The van der Waals surface area contributed by atoms with Gasteiger partial charge in [-0.15, -0.1) is 0 Å². The van der Waals surface area contributed by atoms with E-state index in [1.807, 2.05) is 13.8 Å². The minimum absolute atomic E-state index is 0. The average Bonchev–Trinajstić information content (AvgIpc) is 1.36. The zero-order chi connectivity index (χ0) is 5.15. The Kier molecular flexibility index (Phi) is 5.33. The van der Waals surface area contributed by atoms with Gasteiger partial charge < -0.3 is 5.48 Å². The molecule has 0 aromatic heterocycles. The minimum atomic E-state index is 0. The van der Waals surface area contributed by atoms with Gasteiger partial charge in [-0.2, -0.15) is 0 Å². The van der Waals surface area contributed by atoms with Crippen molar-refractivity contribution in [2.24, 2.45) is 5.92 Å². The van der Waals surface area contributed by atoms with Crippen LogP contribution in [0.4, 0.5) is 0 Å². The van der Waals surface area contributed by atoms with Gasteiger partial charge in [-0.1, -0.05) is 13.8 Å². The first-order valence-electron chi connectivity index (χ1n) is 2.15. The summed E-state index contributed by atoms with van der Waals surface area (Å²) in [6, 6.07) is 0. The molecule has 0 aromatic rings. The van der Waals surface area contributed by atoms with Crippen LogP contribution in [0.2, 0.25) is 0 Å². The maximum absolute atomic E-state index is 10.1. The van der Waals surface area contributed by atoms with E-state index in [1.54, 1.807) is 6.92 Å². The molecule has 7 heavy (non-hydrogen) atoms. The minimum Gasteiger partial charge on any atom is -0.412 e. The number of carbonyl (C=O) groups excluding carboxylic acids is 1. The maximum atomic E-state index is 10.1. The number of hydrogen-bond acceptors (Lipinski definition) is 1. The van der Waals surface area contributed by atoms with E-state index in [1.165, 1.54) is 0 Å². The Hall–Kier alpha value is -0.370. The number of ketones is 1. The first-order chi connectivity index (χ1) is 2.64. The van der Waals surface area contributed by atoms with E-state index in [-0.39, 0.29) is 17.2 Å². The van der Waals surface area contributed by atoms with Crippen LogP contribution in [0.3, 0.4) is 0 Å². The lowest BCUT2D eigenvalue weighted by atomic mass is 10.1. The van der Waals surface area contributed by atoms with Gasteiger partial charge in [0, 0.05) is 5.92 Å². The smallest absolute Gasteiger partial charge is 0.132 e. The maximum Gasteiger partial charge on any atom is 0.132 e. The molecule has 2 N–H and O–H groups in total. The Balaban J connectivity index is 0. The van der Waals surface area contributed by atoms with Gasteiger partial charge in [0.15, 0.2) is 0 Å². The molecule has 0 aliphatic carbocycles. The topological polar surface area (TPSA) is 48.6 Å². The molecule has 0 bridgehead atoms. The van der Waals surface area contributed by atoms with Crippen LogP contribution in [0.25, 0.3) is 0 Å². The van der Waals surface area contributed by atoms with Gasteiger partial charge in [-0.3, -0.25) is 4.79 Å². The average molecular weight is 104 g/mol. The second kappa shape index (κ2) is 3.81. The van der Waals surface area contributed by atoms with Crippen LogP contribution in [0, 0.1) is 5.92 Å². The van der Waals surface area contributed by atoms with Crippen LogP contribution in [0.5, 0.6) is 0 Å². The van der Waals surface area contributed by atoms with E-state index >= 15 is 0 Å². The molecule has 0 atom stereocenters. The largest absolute Gasteiger partial charge is 0.412 e. The van der Waals surface area contributed by atoms with Crippen LogP contribution in [0.1, 0.15) is 20.8 Å². The molecule has 0 rings (SSSR count). The summed E-state index contributed by atoms with van der Waals surface area (Å²) in [5.74, 6) is 0.472. The third-order valence-corrected chi connectivity index (χ3v) is 0.813. The molecule has 0 radical (unpaired) electrons. The molecule has 0 unspecified atom stereocenters. The first-order valence-corrected chi connectivity index (χ1v) is 2.15. The van der Waals surface area contributed by atoms with Crippen LogP contribution < -0.4 is 0 Å². The molecule has 0 saturated heterocycles. The van der Waals surface area contributed by atoms with Crippen LogP contribution >= 0.6 is 0 Å². The number of hydrogen-bond donors (Lipinski definition) is 0. The van der Waals surface area contributed by atoms with E-state index in [0.29, 0.717) is 0 Å². The molecule has 0 amide bonds. The quantitative estimate of drug-likeness (QED) is 0.475. The lowest BCUT2D eigenvalue weighted by Gasteiger charge is -1.90. The number of Topliss-reactive ketones (excluding diaryl/α,β-unsaturated/α-hetero) is 1. The summed E-state index contributed by atoms with van der Waals surface area (Å²) < 4.78 is 0. The highest BCUT2D eigenvalue weighted by Crippen LogP contribution is 1.89. The second-order valence-electron chi connectivity index (χ2n) is 1.77. The summed E-state index contributed by atoms with van der Waals surface area (Å²) in [5, 5.41) is 0. The Bertz CT molecular complexity index is 57.1. The monoisotopic (exact) mass is 104 g/mol. The lowest BCUT2D eigenvalue weighted by molar-refractivity contribution is -0.119. The Morgan fingerprint density at radius 2 is 1.57 bits per heavy atom. The van der Waals surface area contributed by atoms with Crippen molar-refractivity contribution in [1.29, 1.82) is 0 Å². The van der Waals surface area contributed by atoms with Gasteiger partial charge in [-0.05, 0) is 6.92 Å². The molecule has 2 heteroatoms. The van der Waals surface area contributed by atoms with Gasteiger partial charge >= 0.3 is 0 Å². The Morgan fingerprint density at radius 1 is 1.43 bits per heavy atom. The fourth-order valence-corrected chi connectivity index (χ4v) is 0. The van der Waals surface area contributed by atoms with Crippen molar-refractivity contribution >= 4 is 5.78 Å². The molecule has 44 valence electrons. The Morgan fingerprint density at radius 3 is 1.57 bits per heavy atom. The summed E-state index contributed by atoms with van der Waals surface area (Å²) in [7, 11) is 0. The Labute approximate surface area is 43.8 Å². The zero-order valence-electron chi connectivity index (χ0n) is 4.99. The van der Waals surface area contributed by atoms with E-state index in [4.69, 9.17) is 0 Å². The highest BCUT2D eigenvalue weighted by Gasteiger charge is 1.94. The molecule has 0 fully saturated rings. The van der Waals surface area contributed by atoms with Gasteiger partial charge in [0.25, 0.3) is 0 Å². The van der Waals surface area contributed by atoms with Crippen molar-refractivity contribution in [3.63, 3.8) is 0 Å². The van der Waals surface area contributed by atoms with Crippen LogP contribution in [-0.2, 0) is 4.79 Å². The molecular formula is C5H12O2. The summed E-state index contributed by atoms with van der Waals surface area (Å²) >= 11 is 0. The standard InChI is InChI=1S/C5H10O.H2O/c1-4(2)5(3)6;/h4H,1-3H3;1H2. The van der Waals surface area contributed by atoms with Gasteiger partial charge in [0.2, 0.25) is 0 Å². The first kappa shape index (κ1) is 9.80. The third-order valence-electron chi connectivity index (χ3n) is 0.813. The molecule has 0 spiro atoms. The molecule has 0 aromatic carbocycles. The highest BCUT2D eigenvalue weighted by molar-refractivity contribution is 5.77. The van der Waals surface area contributed by atoms with Crippen molar-refractivity contribution in [1.82, 2.24) is 0 Å². The SMILES string of the molecule is CC(=O)C(C)C.O. The molecular weight excluding hydrogens is 92.1 g/mol.